The quantitative estimate of drug-likeness (QED) is 0.553. The summed E-state index contributed by atoms with van der Waals surface area (Å²) in [4.78, 5) is 12.8. The average Bonchev–Trinajstić information content (AvgIpc) is 2.37. The molecule has 0 bridgehead atoms. The zero-order valence-electron chi connectivity index (χ0n) is 6.68. The predicted octanol–water partition coefficient (Wildman–Crippen LogP) is -0.250. The highest BCUT2D eigenvalue weighted by Gasteiger charge is 2.17. The molecule has 0 saturated carbocycles. The van der Waals surface area contributed by atoms with Crippen molar-refractivity contribution in [2.24, 2.45) is 5.73 Å². The normalized spacial score (nSPS) is 17.2. The first-order valence-electron chi connectivity index (χ1n) is 4.07. The number of nitrogens with one attached hydrogen (secondary N) is 1. The molecule has 0 aliphatic carbocycles. The van der Waals surface area contributed by atoms with Crippen LogP contribution in [0.3, 0.4) is 0 Å². The summed E-state index contributed by atoms with van der Waals surface area (Å²) in [5.41, 5.74) is 5.33. The highest BCUT2D eigenvalue weighted by Crippen LogP contribution is 1.98. The van der Waals surface area contributed by atoms with Gasteiger partial charge in [-0.1, -0.05) is 0 Å². The number of carbonyl (C=O) groups is 1. The first-order chi connectivity index (χ1) is 5.34. The summed E-state index contributed by atoms with van der Waals surface area (Å²) >= 11 is 0. The molecular formula is C7H15N3O. The standard InChI is InChI=1S/C7H15N3O/c8-3-1-2-5-10-6-4-9-7(10)11/h1-6,8H2,(H,9,11). The molecule has 1 fully saturated rings. The van der Waals surface area contributed by atoms with Gasteiger partial charge in [0.15, 0.2) is 0 Å². The van der Waals surface area contributed by atoms with Crippen LogP contribution in [0.4, 0.5) is 4.79 Å². The Balaban J connectivity index is 2.10. The maximum Gasteiger partial charge on any atom is 0.317 e. The van der Waals surface area contributed by atoms with Crippen LogP contribution >= 0.6 is 0 Å². The average molecular weight is 157 g/mol. The van der Waals surface area contributed by atoms with Crippen LogP contribution in [0.5, 0.6) is 0 Å². The van der Waals surface area contributed by atoms with Gasteiger partial charge in [0.1, 0.15) is 0 Å². The van der Waals surface area contributed by atoms with Crippen LogP contribution in [-0.4, -0.2) is 37.1 Å². The topological polar surface area (TPSA) is 58.4 Å². The number of hydrogen-bond acceptors (Lipinski definition) is 2. The summed E-state index contributed by atoms with van der Waals surface area (Å²) < 4.78 is 0. The monoisotopic (exact) mass is 157 g/mol. The van der Waals surface area contributed by atoms with Gasteiger partial charge in [-0.2, -0.15) is 0 Å². The maximum atomic E-state index is 11.0. The zero-order chi connectivity index (χ0) is 8.10. The van der Waals surface area contributed by atoms with E-state index in [1.165, 1.54) is 0 Å². The van der Waals surface area contributed by atoms with Crippen molar-refractivity contribution < 1.29 is 4.79 Å². The summed E-state index contributed by atoms with van der Waals surface area (Å²) in [7, 11) is 0. The maximum absolute atomic E-state index is 11.0. The number of rotatable bonds is 4. The van der Waals surface area contributed by atoms with Gasteiger partial charge in [0.05, 0.1) is 0 Å². The number of amides is 2. The van der Waals surface area contributed by atoms with Crippen molar-refractivity contribution in [3.8, 4) is 0 Å². The number of unbranched alkanes of at least 4 members (excludes halogenated alkanes) is 1. The summed E-state index contributed by atoms with van der Waals surface area (Å²) in [6.45, 7) is 3.21. The molecule has 1 heterocycles. The minimum absolute atomic E-state index is 0.0713. The Bertz CT molecular complexity index is 138. The second-order valence-electron chi connectivity index (χ2n) is 2.71. The number of carbonyl (C=O) groups excluding carboxylic acids is 1. The molecule has 3 N–H and O–H groups in total. The lowest BCUT2D eigenvalue weighted by Crippen LogP contribution is -2.29. The molecule has 0 aromatic heterocycles. The molecule has 0 atom stereocenters. The SMILES string of the molecule is NCCCCN1CCNC1=O. The molecule has 0 aromatic rings. The Morgan fingerprint density at radius 2 is 2.36 bits per heavy atom. The van der Waals surface area contributed by atoms with Crippen LogP contribution in [0.2, 0.25) is 0 Å². The van der Waals surface area contributed by atoms with Gasteiger partial charge in [0, 0.05) is 19.6 Å². The molecule has 1 aliphatic rings. The highest BCUT2D eigenvalue weighted by molar-refractivity contribution is 5.76. The summed E-state index contributed by atoms with van der Waals surface area (Å²) in [6, 6.07) is 0.0713. The van der Waals surface area contributed by atoms with Crippen LogP contribution in [0, 0.1) is 0 Å². The van der Waals surface area contributed by atoms with Gasteiger partial charge < -0.3 is 16.0 Å². The number of nitrogens with two attached hydrogens (primary N) is 1. The molecule has 64 valence electrons. The largest absolute Gasteiger partial charge is 0.336 e. The van der Waals surface area contributed by atoms with Crippen molar-refractivity contribution in [2.75, 3.05) is 26.2 Å². The van der Waals surface area contributed by atoms with Crippen molar-refractivity contribution in [3.63, 3.8) is 0 Å². The molecular weight excluding hydrogens is 142 g/mol. The van der Waals surface area contributed by atoms with Gasteiger partial charge in [-0.3, -0.25) is 0 Å². The zero-order valence-corrected chi connectivity index (χ0v) is 6.68. The lowest BCUT2D eigenvalue weighted by molar-refractivity contribution is 0.216. The molecule has 1 saturated heterocycles. The van der Waals surface area contributed by atoms with Crippen LogP contribution in [0.25, 0.3) is 0 Å². The second-order valence-corrected chi connectivity index (χ2v) is 2.71. The van der Waals surface area contributed by atoms with Gasteiger partial charge in [0.2, 0.25) is 0 Å². The van der Waals surface area contributed by atoms with E-state index in [0.717, 1.165) is 39.0 Å². The number of urea groups is 1. The predicted molar refractivity (Wildman–Crippen MR) is 43.3 cm³/mol. The minimum Gasteiger partial charge on any atom is -0.336 e. The van der Waals surface area contributed by atoms with E-state index in [4.69, 9.17) is 5.73 Å². The first kappa shape index (κ1) is 8.33. The highest BCUT2D eigenvalue weighted by atomic mass is 16.2. The van der Waals surface area contributed by atoms with Gasteiger partial charge in [-0.05, 0) is 19.4 Å². The number of hydrogen-bond donors (Lipinski definition) is 2. The van der Waals surface area contributed by atoms with Crippen molar-refractivity contribution >= 4 is 6.03 Å². The second kappa shape index (κ2) is 4.18. The van der Waals surface area contributed by atoms with Crippen LogP contribution in [-0.2, 0) is 0 Å². The summed E-state index contributed by atoms with van der Waals surface area (Å²) in [5.74, 6) is 0. The van der Waals surface area contributed by atoms with E-state index in [1.54, 1.807) is 0 Å². The summed E-state index contributed by atoms with van der Waals surface area (Å²) in [6.07, 6.45) is 2.02. The van der Waals surface area contributed by atoms with E-state index in [1.807, 2.05) is 4.90 Å². The molecule has 1 rings (SSSR count). The van der Waals surface area contributed by atoms with E-state index >= 15 is 0 Å². The van der Waals surface area contributed by atoms with Gasteiger partial charge in [-0.25, -0.2) is 4.79 Å². The first-order valence-corrected chi connectivity index (χ1v) is 4.07. The van der Waals surface area contributed by atoms with Crippen LogP contribution < -0.4 is 11.1 Å². The lowest BCUT2D eigenvalue weighted by atomic mass is 10.3. The van der Waals surface area contributed by atoms with Crippen molar-refractivity contribution in [1.82, 2.24) is 10.2 Å². The Kier molecular flexibility index (Phi) is 3.16. The van der Waals surface area contributed by atoms with Crippen molar-refractivity contribution in [2.45, 2.75) is 12.8 Å². The van der Waals surface area contributed by atoms with Gasteiger partial charge in [-0.15, -0.1) is 0 Å². The molecule has 4 heteroatoms. The van der Waals surface area contributed by atoms with Gasteiger partial charge in [0.25, 0.3) is 0 Å². The van der Waals surface area contributed by atoms with E-state index in [0.29, 0.717) is 0 Å². The third-order valence-corrected chi connectivity index (χ3v) is 1.83. The molecule has 11 heavy (non-hydrogen) atoms. The molecule has 1 aliphatic heterocycles. The Morgan fingerprint density at radius 1 is 1.55 bits per heavy atom. The Labute approximate surface area is 66.7 Å². The van der Waals surface area contributed by atoms with E-state index in [2.05, 4.69) is 5.32 Å². The van der Waals surface area contributed by atoms with Crippen molar-refractivity contribution in [3.05, 3.63) is 0 Å². The molecule has 0 spiro atoms. The fraction of sp³-hybridized carbons (Fsp3) is 0.857. The van der Waals surface area contributed by atoms with E-state index in [9.17, 15) is 4.79 Å². The Morgan fingerprint density at radius 3 is 2.91 bits per heavy atom. The molecule has 0 unspecified atom stereocenters. The molecule has 2 amide bonds. The summed E-state index contributed by atoms with van der Waals surface area (Å²) in [5, 5.41) is 2.75. The van der Waals surface area contributed by atoms with Crippen molar-refractivity contribution in [1.29, 1.82) is 0 Å². The smallest absolute Gasteiger partial charge is 0.317 e. The lowest BCUT2D eigenvalue weighted by Gasteiger charge is -2.12. The third kappa shape index (κ3) is 2.38. The minimum atomic E-state index is 0.0713. The van der Waals surface area contributed by atoms with E-state index in [-0.39, 0.29) is 6.03 Å². The van der Waals surface area contributed by atoms with Crippen LogP contribution in [0.15, 0.2) is 0 Å². The number of nitrogens with zero attached hydrogens (tertiary/aromatic N) is 1. The van der Waals surface area contributed by atoms with Gasteiger partial charge >= 0.3 is 6.03 Å². The molecule has 4 nitrogen and oxygen atoms in total. The molecule has 0 radical (unpaired) electrons. The fourth-order valence-electron chi connectivity index (χ4n) is 1.17. The van der Waals surface area contributed by atoms with Crippen LogP contribution in [0.1, 0.15) is 12.8 Å². The van der Waals surface area contributed by atoms with E-state index < -0.39 is 0 Å². The third-order valence-electron chi connectivity index (χ3n) is 1.83. The molecule has 0 aromatic carbocycles. The fourth-order valence-corrected chi connectivity index (χ4v) is 1.17. The Hall–Kier alpha value is -0.770.